The van der Waals surface area contributed by atoms with Crippen LogP contribution < -0.4 is 0 Å². The maximum Gasteiger partial charge on any atom is 0.229 e. The lowest BCUT2D eigenvalue weighted by molar-refractivity contribution is -0.188. The molecule has 4 rings (SSSR count). The number of nitrogens with one attached hydrogen (secondary N) is 1. The summed E-state index contributed by atoms with van der Waals surface area (Å²) < 4.78 is 22.7. The van der Waals surface area contributed by atoms with Gasteiger partial charge in [0.1, 0.15) is 18.0 Å². The van der Waals surface area contributed by atoms with E-state index < -0.39 is 6.29 Å². The average Bonchev–Trinajstić information content (AvgIpc) is 3.40. The maximum atomic E-state index is 6.08. The highest BCUT2D eigenvalue weighted by Crippen LogP contribution is 2.31. The number of rotatable bonds is 7. The lowest BCUT2D eigenvalue weighted by atomic mass is 10.0. The lowest BCUT2D eigenvalue weighted by Crippen LogP contribution is -2.44. The van der Waals surface area contributed by atoms with Gasteiger partial charge in [-0.15, -0.1) is 0 Å². The quantitative estimate of drug-likeness (QED) is 0.792. The largest absolute Gasteiger partial charge is 0.462 e. The molecule has 0 aliphatic carbocycles. The van der Waals surface area contributed by atoms with Crippen molar-refractivity contribution in [3.63, 3.8) is 0 Å². The van der Waals surface area contributed by atoms with Gasteiger partial charge in [0.2, 0.25) is 6.29 Å². The molecule has 1 aromatic carbocycles. The van der Waals surface area contributed by atoms with Gasteiger partial charge in [-0.05, 0) is 62.2 Å². The number of methoxy groups -OCH3 is 3. The van der Waals surface area contributed by atoms with Gasteiger partial charge in [-0.2, -0.15) is 0 Å². The van der Waals surface area contributed by atoms with E-state index in [0.717, 1.165) is 29.8 Å². The second kappa shape index (κ2) is 8.66. The number of fused-ring (bicyclic) bond motifs is 1. The molecule has 1 aromatic heterocycles. The van der Waals surface area contributed by atoms with E-state index in [1.165, 1.54) is 36.9 Å². The first-order chi connectivity index (χ1) is 13.7. The van der Waals surface area contributed by atoms with Crippen LogP contribution in [0.5, 0.6) is 0 Å². The molecular weight excluding hydrogens is 356 g/mol. The Morgan fingerprint density at radius 3 is 2.64 bits per heavy atom. The molecule has 0 unspecified atom stereocenters. The van der Waals surface area contributed by atoms with E-state index in [1.807, 2.05) is 6.08 Å². The lowest BCUT2D eigenvalue weighted by Gasteiger charge is -2.34. The molecule has 3 atom stereocenters. The molecule has 0 radical (unpaired) electrons. The number of likely N-dealkylation sites (tertiary alicyclic amines) is 1. The average molecular weight is 386 g/mol. The summed E-state index contributed by atoms with van der Waals surface area (Å²) in [4.78, 5) is 5.95. The first-order valence-electron chi connectivity index (χ1n) is 10.0. The molecule has 0 bridgehead atoms. The fourth-order valence-corrected chi connectivity index (χ4v) is 4.25. The van der Waals surface area contributed by atoms with Gasteiger partial charge >= 0.3 is 0 Å². The summed E-state index contributed by atoms with van der Waals surface area (Å²) >= 11 is 0. The second-order valence-electron chi connectivity index (χ2n) is 7.53. The topological polar surface area (TPSA) is 56.0 Å². The van der Waals surface area contributed by atoms with Crippen LogP contribution in [0.3, 0.4) is 0 Å². The van der Waals surface area contributed by atoms with Gasteiger partial charge in [0.15, 0.2) is 0 Å². The van der Waals surface area contributed by atoms with Crippen molar-refractivity contribution >= 4 is 16.7 Å². The molecule has 2 aliphatic heterocycles. The minimum atomic E-state index is -0.508. The standard InChI is InChI=1S/C22H30N2O4/c1-25-20-13-19(28-22(27-3)21(20)26-2)15-6-7-18-17(12-15)16(14-23-18)8-11-24-9-4-5-10-24/h6-7,12-14,20-23H,4-5,8-11H2,1-3H3/t20-,21+,22+/m0/s1. The van der Waals surface area contributed by atoms with E-state index in [-0.39, 0.29) is 12.2 Å². The van der Waals surface area contributed by atoms with Crippen molar-refractivity contribution in [1.29, 1.82) is 0 Å². The van der Waals surface area contributed by atoms with Crippen molar-refractivity contribution in [1.82, 2.24) is 9.88 Å². The third-order valence-corrected chi connectivity index (χ3v) is 5.88. The van der Waals surface area contributed by atoms with Crippen LogP contribution in [0.25, 0.3) is 16.7 Å². The Morgan fingerprint density at radius 2 is 1.93 bits per heavy atom. The van der Waals surface area contributed by atoms with Crippen LogP contribution in [0, 0.1) is 0 Å². The van der Waals surface area contributed by atoms with E-state index in [2.05, 4.69) is 34.3 Å². The Morgan fingerprint density at radius 1 is 1.11 bits per heavy atom. The highest BCUT2D eigenvalue weighted by Gasteiger charge is 2.36. The second-order valence-corrected chi connectivity index (χ2v) is 7.53. The number of nitrogens with zero attached hydrogens (tertiary/aromatic N) is 1. The Labute approximate surface area is 166 Å². The first-order valence-corrected chi connectivity index (χ1v) is 10.0. The molecule has 2 aliphatic rings. The number of hydrogen-bond acceptors (Lipinski definition) is 5. The number of aromatic amines is 1. The fraction of sp³-hybridized carbons (Fsp3) is 0.545. The highest BCUT2D eigenvalue weighted by atomic mass is 16.7. The monoisotopic (exact) mass is 386 g/mol. The van der Waals surface area contributed by atoms with E-state index in [0.29, 0.717) is 0 Å². The summed E-state index contributed by atoms with van der Waals surface area (Å²) in [7, 11) is 4.94. The van der Waals surface area contributed by atoms with E-state index in [9.17, 15) is 0 Å². The predicted octanol–water partition coefficient (Wildman–Crippen LogP) is 3.18. The summed E-state index contributed by atoms with van der Waals surface area (Å²) in [5.41, 5.74) is 3.52. The molecule has 6 nitrogen and oxygen atoms in total. The Balaban J connectivity index is 1.59. The van der Waals surface area contributed by atoms with E-state index in [4.69, 9.17) is 18.9 Å². The molecule has 2 aromatic rings. The molecule has 1 saturated heterocycles. The zero-order valence-electron chi connectivity index (χ0n) is 16.9. The minimum Gasteiger partial charge on any atom is -0.462 e. The Bertz CT molecular complexity index is 825. The molecule has 0 amide bonds. The van der Waals surface area contributed by atoms with Gasteiger partial charge in [-0.1, -0.05) is 0 Å². The van der Waals surface area contributed by atoms with Gasteiger partial charge < -0.3 is 28.8 Å². The van der Waals surface area contributed by atoms with Crippen molar-refractivity contribution in [3.8, 4) is 0 Å². The number of hydrogen-bond donors (Lipinski definition) is 1. The van der Waals surface area contributed by atoms with E-state index in [1.54, 1.807) is 21.3 Å². The molecule has 3 heterocycles. The van der Waals surface area contributed by atoms with Crippen molar-refractivity contribution in [2.24, 2.45) is 0 Å². The summed E-state index contributed by atoms with van der Waals surface area (Å²) in [5.74, 6) is 0.764. The van der Waals surface area contributed by atoms with Crippen molar-refractivity contribution in [3.05, 3.63) is 41.6 Å². The van der Waals surface area contributed by atoms with Crippen molar-refractivity contribution in [2.45, 2.75) is 37.8 Å². The van der Waals surface area contributed by atoms with Crippen LogP contribution in [-0.4, -0.2) is 69.3 Å². The first kappa shape index (κ1) is 19.5. The smallest absolute Gasteiger partial charge is 0.229 e. The molecule has 0 spiro atoms. The summed E-state index contributed by atoms with van der Waals surface area (Å²) in [6.45, 7) is 3.57. The zero-order valence-corrected chi connectivity index (χ0v) is 16.9. The SMILES string of the molecule is CO[C@@H]1OC(c2ccc3[nH]cc(CCN4CCCC4)c3c2)=C[C@H](OC)[C@H]1OC. The van der Waals surface area contributed by atoms with Gasteiger partial charge in [-0.3, -0.25) is 0 Å². The number of H-pyrrole nitrogens is 1. The molecule has 0 saturated carbocycles. The fourth-order valence-electron chi connectivity index (χ4n) is 4.25. The van der Waals surface area contributed by atoms with Gasteiger partial charge in [0, 0.05) is 50.5 Å². The minimum absolute atomic E-state index is 0.227. The van der Waals surface area contributed by atoms with Crippen LogP contribution in [0.4, 0.5) is 0 Å². The molecule has 28 heavy (non-hydrogen) atoms. The third kappa shape index (κ3) is 3.82. The van der Waals surface area contributed by atoms with Crippen LogP contribution in [-0.2, 0) is 25.4 Å². The normalized spacial score (nSPS) is 25.8. The van der Waals surface area contributed by atoms with Crippen molar-refractivity contribution in [2.75, 3.05) is 41.0 Å². The van der Waals surface area contributed by atoms with Crippen LogP contribution in [0.2, 0.25) is 0 Å². The maximum absolute atomic E-state index is 6.08. The molecule has 1 N–H and O–H groups in total. The Kier molecular flexibility index (Phi) is 6.01. The summed E-state index contributed by atoms with van der Waals surface area (Å²) in [5, 5.41) is 1.25. The van der Waals surface area contributed by atoms with Gasteiger partial charge in [-0.25, -0.2) is 0 Å². The summed E-state index contributed by atoms with van der Waals surface area (Å²) in [6, 6.07) is 6.38. The summed E-state index contributed by atoms with van der Waals surface area (Å²) in [6.07, 6.45) is 6.78. The number of ether oxygens (including phenoxy) is 4. The van der Waals surface area contributed by atoms with Crippen LogP contribution in [0.15, 0.2) is 30.5 Å². The zero-order chi connectivity index (χ0) is 19.5. The number of aromatic nitrogens is 1. The molecule has 1 fully saturated rings. The van der Waals surface area contributed by atoms with Crippen LogP contribution in [0.1, 0.15) is 24.0 Å². The highest BCUT2D eigenvalue weighted by molar-refractivity contribution is 5.86. The van der Waals surface area contributed by atoms with Gasteiger partial charge in [0.25, 0.3) is 0 Å². The molecular formula is C22H30N2O4. The van der Waals surface area contributed by atoms with Gasteiger partial charge in [0.05, 0.1) is 0 Å². The van der Waals surface area contributed by atoms with Crippen LogP contribution >= 0.6 is 0 Å². The van der Waals surface area contributed by atoms with E-state index >= 15 is 0 Å². The third-order valence-electron chi connectivity index (χ3n) is 5.88. The molecule has 6 heteroatoms. The Hall–Kier alpha value is -1.86. The molecule has 152 valence electrons. The number of benzene rings is 1. The van der Waals surface area contributed by atoms with Crippen molar-refractivity contribution < 1.29 is 18.9 Å². The predicted molar refractivity (Wildman–Crippen MR) is 109 cm³/mol.